The van der Waals surface area contributed by atoms with Gasteiger partial charge >= 0.3 is 19.4 Å². The van der Waals surface area contributed by atoms with Crippen LogP contribution in [0.2, 0.25) is 0 Å². The highest BCUT2D eigenvalue weighted by molar-refractivity contribution is 6.60. The Balaban J connectivity index is 0.000000202. The molecular weight excluding hydrogens is 476 g/mol. The van der Waals surface area contributed by atoms with Crippen LogP contribution in [0.15, 0.2) is 60.8 Å². The molecule has 4 aromatic rings. The first-order valence-corrected chi connectivity index (χ1v) is 10.7. The summed E-state index contributed by atoms with van der Waals surface area (Å²) in [6.45, 7) is 5.25. The Kier molecular flexibility index (Phi) is 7.70. The van der Waals surface area contributed by atoms with Crippen LogP contribution >= 0.6 is 0 Å². The number of nitrogens with two attached hydrogens (primary N) is 1. The number of anilines is 2. The summed E-state index contributed by atoms with van der Waals surface area (Å²) in [5.41, 5.74) is 5.70. The van der Waals surface area contributed by atoms with E-state index in [2.05, 4.69) is 15.3 Å². The molecule has 5 N–H and O–H groups in total. The van der Waals surface area contributed by atoms with Crippen LogP contribution < -0.4 is 16.5 Å². The number of nitrogens with zero attached hydrogens (tertiary/aromatic N) is 2. The number of alkyl halides is 3. The fraction of sp³-hybridized carbons (Fsp3) is 0.208. The molecule has 0 radical (unpaired) electrons. The molecule has 0 spiro atoms. The van der Waals surface area contributed by atoms with Crippen molar-refractivity contribution < 1.29 is 32.8 Å². The standard InChI is InChI=1S/C13H8F3N3.C11H16BNO4/c14-13(15,16)7-5-9-8-3-1-2-4-10(8)19-12(17)11(9)18-6-7;1-11(2,3)17-10(14)13-9-7-5-4-6-8(9)12(15)16/h1-6H,(H2,17,19);4-7,15-16H,1-3H3,(H,13,14). The van der Waals surface area contributed by atoms with Crippen molar-refractivity contribution in [3.8, 4) is 0 Å². The van der Waals surface area contributed by atoms with Crippen molar-refractivity contribution in [3.63, 3.8) is 0 Å². The number of nitrogen functional groups attached to an aromatic ring is 1. The maximum atomic E-state index is 12.7. The Labute approximate surface area is 205 Å². The maximum Gasteiger partial charge on any atom is 0.490 e. The number of hydrogen-bond acceptors (Lipinski definition) is 7. The summed E-state index contributed by atoms with van der Waals surface area (Å²) in [6.07, 6.45) is -4.29. The van der Waals surface area contributed by atoms with Crippen molar-refractivity contribution in [3.05, 3.63) is 66.4 Å². The molecule has 2 aromatic carbocycles. The maximum absolute atomic E-state index is 12.7. The Morgan fingerprint density at radius 1 is 1.03 bits per heavy atom. The Morgan fingerprint density at radius 3 is 2.31 bits per heavy atom. The molecule has 188 valence electrons. The van der Waals surface area contributed by atoms with Gasteiger partial charge in [-0.15, -0.1) is 0 Å². The Hall–Kier alpha value is -3.90. The smallest absolute Gasteiger partial charge is 0.444 e. The summed E-state index contributed by atoms with van der Waals surface area (Å²) in [5.74, 6) is 0.127. The van der Waals surface area contributed by atoms with Crippen molar-refractivity contribution in [2.75, 3.05) is 11.1 Å². The van der Waals surface area contributed by atoms with Crippen molar-refractivity contribution >= 4 is 52.0 Å². The molecule has 0 aliphatic rings. The summed E-state index contributed by atoms with van der Waals surface area (Å²) < 4.78 is 43.3. The molecule has 0 aliphatic heterocycles. The highest BCUT2D eigenvalue weighted by Crippen LogP contribution is 2.33. The van der Waals surface area contributed by atoms with Gasteiger partial charge < -0.3 is 20.5 Å². The quantitative estimate of drug-likeness (QED) is 0.241. The van der Waals surface area contributed by atoms with Crippen LogP contribution in [0, 0.1) is 0 Å². The monoisotopic (exact) mass is 500 g/mol. The van der Waals surface area contributed by atoms with E-state index in [1.165, 1.54) is 6.07 Å². The molecule has 0 atom stereocenters. The van der Waals surface area contributed by atoms with E-state index in [0.717, 1.165) is 12.3 Å². The first kappa shape index (κ1) is 26.7. The minimum absolute atomic E-state index is 0.127. The first-order chi connectivity index (χ1) is 16.8. The number of benzene rings is 2. The molecule has 0 unspecified atom stereocenters. The van der Waals surface area contributed by atoms with E-state index < -0.39 is 30.6 Å². The van der Waals surface area contributed by atoms with E-state index in [1.807, 2.05) is 0 Å². The number of para-hydroxylation sites is 2. The summed E-state index contributed by atoms with van der Waals surface area (Å²) >= 11 is 0. The first-order valence-electron chi connectivity index (χ1n) is 10.7. The lowest BCUT2D eigenvalue weighted by molar-refractivity contribution is -0.137. The van der Waals surface area contributed by atoms with Crippen LogP contribution in [0.3, 0.4) is 0 Å². The van der Waals surface area contributed by atoms with E-state index in [0.29, 0.717) is 22.0 Å². The molecule has 0 fully saturated rings. The van der Waals surface area contributed by atoms with Crippen LogP contribution in [0.25, 0.3) is 21.8 Å². The number of aromatic nitrogens is 2. The molecule has 2 aromatic heterocycles. The van der Waals surface area contributed by atoms with Crippen molar-refractivity contribution in [2.45, 2.75) is 32.5 Å². The third-order valence-electron chi connectivity index (χ3n) is 4.77. The molecule has 2 heterocycles. The number of ether oxygens (including phenoxy) is 1. The summed E-state index contributed by atoms with van der Waals surface area (Å²) in [6, 6.07) is 14.4. The number of carbonyl (C=O) groups excluding carboxylic acids is 1. The van der Waals surface area contributed by atoms with E-state index in [1.54, 1.807) is 63.2 Å². The van der Waals surface area contributed by atoms with Gasteiger partial charge in [-0.3, -0.25) is 10.3 Å². The number of pyridine rings is 2. The van der Waals surface area contributed by atoms with Gasteiger partial charge in [0.2, 0.25) is 0 Å². The molecule has 4 rings (SSSR count). The summed E-state index contributed by atoms with van der Waals surface area (Å²) in [7, 11) is -1.64. The molecule has 12 heteroatoms. The van der Waals surface area contributed by atoms with E-state index in [4.69, 9.17) is 20.5 Å². The van der Waals surface area contributed by atoms with Crippen molar-refractivity contribution in [2.24, 2.45) is 0 Å². The fourth-order valence-corrected chi connectivity index (χ4v) is 3.26. The zero-order valence-electron chi connectivity index (χ0n) is 19.7. The van der Waals surface area contributed by atoms with Crippen LogP contribution in [-0.4, -0.2) is 38.8 Å². The minimum Gasteiger partial charge on any atom is -0.444 e. The average Bonchev–Trinajstić information content (AvgIpc) is 2.78. The van der Waals surface area contributed by atoms with Gasteiger partial charge in [-0.1, -0.05) is 36.4 Å². The van der Waals surface area contributed by atoms with Crippen LogP contribution in [0.5, 0.6) is 0 Å². The third kappa shape index (κ3) is 6.61. The van der Waals surface area contributed by atoms with Gasteiger partial charge in [0.15, 0.2) is 5.82 Å². The third-order valence-corrected chi connectivity index (χ3v) is 4.77. The zero-order valence-corrected chi connectivity index (χ0v) is 19.7. The largest absolute Gasteiger partial charge is 0.490 e. The molecule has 1 amide bonds. The predicted octanol–water partition coefficient (Wildman–Crippen LogP) is 4.10. The molecule has 36 heavy (non-hydrogen) atoms. The van der Waals surface area contributed by atoms with Gasteiger partial charge in [0, 0.05) is 28.1 Å². The van der Waals surface area contributed by atoms with Gasteiger partial charge in [0.1, 0.15) is 11.1 Å². The predicted molar refractivity (Wildman–Crippen MR) is 133 cm³/mol. The topological polar surface area (TPSA) is 131 Å². The highest BCUT2D eigenvalue weighted by atomic mass is 19.4. The van der Waals surface area contributed by atoms with Gasteiger partial charge in [0.25, 0.3) is 0 Å². The molecular formula is C24H24BF3N4O4. The number of fused-ring (bicyclic) bond motifs is 3. The normalized spacial score (nSPS) is 11.6. The lowest BCUT2D eigenvalue weighted by atomic mass is 9.79. The highest BCUT2D eigenvalue weighted by Gasteiger charge is 2.31. The molecule has 8 nitrogen and oxygen atoms in total. The number of rotatable bonds is 2. The van der Waals surface area contributed by atoms with Gasteiger partial charge in [-0.2, -0.15) is 13.2 Å². The second-order valence-electron chi connectivity index (χ2n) is 8.72. The fourth-order valence-electron chi connectivity index (χ4n) is 3.26. The number of nitrogens with one attached hydrogen (secondary N) is 1. The van der Waals surface area contributed by atoms with E-state index in [9.17, 15) is 18.0 Å². The van der Waals surface area contributed by atoms with Crippen LogP contribution in [0.4, 0.5) is 29.5 Å². The Morgan fingerprint density at radius 2 is 1.67 bits per heavy atom. The number of amides is 1. The summed E-state index contributed by atoms with van der Waals surface area (Å²) in [5, 5.41) is 21.7. The van der Waals surface area contributed by atoms with Crippen molar-refractivity contribution in [1.82, 2.24) is 9.97 Å². The number of halogens is 3. The van der Waals surface area contributed by atoms with E-state index in [-0.39, 0.29) is 16.8 Å². The molecule has 0 bridgehead atoms. The lowest BCUT2D eigenvalue weighted by Gasteiger charge is -2.20. The molecule has 0 saturated carbocycles. The SMILES string of the molecule is CC(C)(C)OC(=O)Nc1ccccc1B(O)O.Nc1nc2ccccc2c2cc(C(F)(F)F)cnc12. The van der Waals surface area contributed by atoms with E-state index >= 15 is 0 Å². The zero-order chi connectivity index (χ0) is 26.7. The number of hydrogen-bond donors (Lipinski definition) is 4. The van der Waals surface area contributed by atoms with Gasteiger partial charge in [-0.25, -0.2) is 9.78 Å². The Bertz CT molecular complexity index is 1390. The second-order valence-corrected chi connectivity index (χ2v) is 8.72. The summed E-state index contributed by atoms with van der Waals surface area (Å²) in [4.78, 5) is 19.4. The van der Waals surface area contributed by atoms with Crippen LogP contribution in [-0.2, 0) is 10.9 Å². The van der Waals surface area contributed by atoms with Crippen LogP contribution in [0.1, 0.15) is 26.3 Å². The minimum atomic E-state index is -4.43. The van der Waals surface area contributed by atoms with Gasteiger partial charge in [-0.05, 0) is 39.0 Å². The van der Waals surface area contributed by atoms with Gasteiger partial charge in [0.05, 0.1) is 11.1 Å². The molecule has 0 aliphatic carbocycles. The second kappa shape index (κ2) is 10.4. The lowest BCUT2D eigenvalue weighted by Crippen LogP contribution is -2.35. The average molecular weight is 500 g/mol. The molecule has 0 saturated heterocycles. The van der Waals surface area contributed by atoms with Crippen molar-refractivity contribution in [1.29, 1.82) is 0 Å². The number of carbonyl (C=O) groups is 1.